The van der Waals surface area contributed by atoms with Crippen LogP contribution in [0.25, 0.3) is 0 Å². The second kappa shape index (κ2) is 7.16. The van der Waals surface area contributed by atoms with E-state index in [-0.39, 0.29) is 12.6 Å². The SMILES string of the molecule is N#Cc1ccc(N(Cc2cc(F)ccc2F)[C@H]2CCNC2)cc1Cl. The molecular formula is C18H16ClF2N3. The van der Waals surface area contributed by atoms with Gasteiger partial charge in [0.05, 0.1) is 10.6 Å². The summed E-state index contributed by atoms with van der Waals surface area (Å²) in [5.74, 6) is -0.902. The van der Waals surface area contributed by atoms with Gasteiger partial charge in [-0.05, 0) is 49.4 Å². The first-order chi connectivity index (χ1) is 11.6. The van der Waals surface area contributed by atoms with Crippen molar-refractivity contribution in [3.05, 3.63) is 64.2 Å². The molecule has 0 unspecified atom stereocenters. The highest BCUT2D eigenvalue weighted by atomic mass is 35.5. The van der Waals surface area contributed by atoms with Crippen LogP contribution in [0.15, 0.2) is 36.4 Å². The zero-order chi connectivity index (χ0) is 17.1. The minimum Gasteiger partial charge on any atom is -0.363 e. The van der Waals surface area contributed by atoms with Crippen molar-refractivity contribution in [1.29, 1.82) is 5.26 Å². The highest BCUT2D eigenvalue weighted by molar-refractivity contribution is 6.32. The van der Waals surface area contributed by atoms with Crippen LogP contribution in [0.3, 0.4) is 0 Å². The molecule has 1 fully saturated rings. The molecular weight excluding hydrogens is 332 g/mol. The summed E-state index contributed by atoms with van der Waals surface area (Å²) in [6, 6.07) is 10.8. The van der Waals surface area contributed by atoms with Crippen LogP contribution in [0.1, 0.15) is 17.5 Å². The fourth-order valence-electron chi connectivity index (χ4n) is 2.96. The molecule has 0 bridgehead atoms. The minimum atomic E-state index is -0.464. The number of rotatable bonds is 4. The topological polar surface area (TPSA) is 39.1 Å². The Morgan fingerprint density at radius 3 is 2.75 bits per heavy atom. The van der Waals surface area contributed by atoms with Crippen LogP contribution in [-0.4, -0.2) is 19.1 Å². The van der Waals surface area contributed by atoms with Gasteiger partial charge in [0, 0.05) is 30.4 Å². The molecule has 0 aromatic heterocycles. The van der Waals surface area contributed by atoms with Crippen molar-refractivity contribution in [2.45, 2.75) is 19.0 Å². The third-order valence-corrected chi connectivity index (χ3v) is 4.54. The zero-order valence-electron chi connectivity index (χ0n) is 12.9. The van der Waals surface area contributed by atoms with E-state index in [0.717, 1.165) is 37.3 Å². The number of halogens is 3. The number of nitrogens with one attached hydrogen (secondary N) is 1. The van der Waals surface area contributed by atoms with Gasteiger partial charge in [-0.1, -0.05) is 11.6 Å². The summed E-state index contributed by atoms with van der Waals surface area (Å²) in [6.07, 6.45) is 0.897. The summed E-state index contributed by atoms with van der Waals surface area (Å²) >= 11 is 6.14. The van der Waals surface area contributed by atoms with Crippen LogP contribution in [-0.2, 0) is 6.54 Å². The van der Waals surface area contributed by atoms with Crippen molar-refractivity contribution in [2.75, 3.05) is 18.0 Å². The van der Waals surface area contributed by atoms with Gasteiger partial charge in [0.15, 0.2) is 0 Å². The molecule has 0 saturated carbocycles. The standard InChI is InChI=1S/C18H16ClF2N3/c19-17-8-15(3-1-12(17)9-22)24(16-5-6-23-10-16)11-13-7-14(20)2-4-18(13)21/h1-4,7-8,16,23H,5-6,10-11H2/t16-/m0/s1. The quantitative estimate of drug-likeness (QED) is 0.912. The molecule has 3 nitrogen and oxygen atoms in total. The van der Waals surface area contributed by atoms with Gasteiger partial charge in [0.25, 0.3) is 0 Å². The molecule has 0 spiro atoms. The highest BCUT2D eigenvalue weighted by Crippen LogP contribution is 2.28. The lowest BCUT2D eigenvalue weighted by molar-refractivity contribution is 0.566. The normalized spacial score (nSPS) is 16.8. The van der Waals surface area contributed by atoms with E-state index in [2.05, 4.69) is 5.32 Å². The summed E-state index contributed by atoms with van der Waals surface area (Å²) < 4.78 is 27.5. The number of hydrogen-bond acceptors (Lipinski definition) is 3. The highest BCUT2D eigenvalue weighted by Gasteiger charge is 2.24. The summed E-state index contributed by atoms with van der Waals surface area (Å²) in [4.78, 5) is 2.00. The van der Waals surface area contributed by atoms with Crippen LogP contribution in [0.4, 0.5) is 14.5 Å². The molecule has 1 aliphatic rings. The maximum atomic E-state index is 14.1. The van der Waals surface area contributed by atoms with E-state index in [0.29, 0.717) is 16.1 Å². The van der Waals surface area contributed by atoms with Gasteiger partial charge < -0.3 is 10.2 Å². The summed E-state index contributed by atoms with van der Waals surface area (Å²) in [7, 11) is 0. The maximum absolute atomic E-state index is 14.1. The van der Waals surface area contributed by atoms with Crippen LogP contribution in [0.2, 0.25) is 5.02 Å². The molecule has 2 aromatic rings. The second-order valence-corrected chi connectivity index (χ2v) is 6.19. The van der Waals surface area contributed by atoms with Gasteiger partial charge in [-0.2, -0.15) is 5.26 Å². The fraction of sp³-hybridized carbons (Fsp3) is 0.278. The van der Waals surface area contributed by atoms with Crippen LogP contribution >= 0.6 is 11.6 Å². The van der Waals surface area contributed by atoms with Gasteiger partial charge in [-0.15, -0.1) is 0 Å². The molecule has 1 atom stereocenters. The number of nitrogens with zero attached hydrogens (tertiary/aromatic N) is 2. The molecule has 0 radical (unpaired) electrons. The largest absolute Gasteiger partial charge is 0.363 e. The first-order valence-electron chi connectivity index (χ1n) is 7.69. The number of benzene rings is 2. The molecule has 6 heteroatoms. The van der Waals surface area contributed by atoms with E-state index < -0.39 is 11.6 Å². The summed E-state index contributed by atoms with van der Waals surface area (Å²) in [5.41, 5.74) is 1.47. The molecule has 1 N–H and O–H groups in total. The van der Waals surface area contributed by atoms with Gasteiger partial charge in [0.1, 0.15) is 17.7 Å². The average molecular weight is 348 g/mol. The predicted molar refractivity (Wildman–Crippen MR) is 90.0 cm³/mol. The molecule has 1 saturated heterocycles. The van der Waals surface area contributed by atoms with E-state index in [1.54, 1.807) is 18.2 Å². The minimum absolute atomic E-state index is 0.150. The molecule has 1 aliphatic heterocycles. The van der Waals surface area contributed by atoms with Crippen molar-refractivity contribution in [3.8, 4) is 6.07 Å². The van der Waals surface area contributed by atoms with Crippen molar-refractivity contribution >= 4 is 17.3 Å². The third-order valence-electron chi connectivity index (χ3n) is 4.23. The van der Waals surface area contributed by atoms with E-state index in [4.69, 9.17) is 16.9 Å². The molecule has 0 aliphatic carbocycles. The molecule has 24 heavy (non-hydrogen) atoms. The van der Waals surface area contributed by atoms with Gasteiger partial charge >= 0.3 is 0 Å². The smallest absolute Gasteiger partial charge is 0.128 e. The van der Waals surface area contributed by atoms with Gasteiger partial charge in [-0.25, -0.2) is 8.78 Å². The average Bonchev–Trinajstić information content (AvgIpc) is 3.09. The van der Waals surface area contributed by atoms with Crippen molar-refractivity contribution in [1.82, 2.24) is 5.32 Å². The van der Waals surface area contributed by atoms with Gasteiger partial charge in [-0.3, -0.25) is 0 Å². The Morgan fingerprint density at radius 2 is 2.08 bits per heavy atom. The van der Waals surface area contributed by atoms with Crippen LogP contribution in [0, 0.1) is 23.0 Å². The Hall–Kier alpha value is -2.16. The maximum Gasteiger partial charge on any atom is 0.128 e. The second-order valence-electron chi connectivity index (χ2n) is 5.79. The van der Waals surface area contributed by atoms with E-state index >= 15 is 0 Å². The Morgan fingerprint density at radius 1 is 1.25 bits per heavy atom. The van der Waals surface area contributed by atoms with Gasteiger partial charge in [0.2, 0.25) is 0 Å². The van der Waals surface area contributed by atoms with Crippen molar-refractivity contribution < 1.29 is 8.78 Å². The first-order valence-corrected chi connectivity index (χ1v) is 8.07. The fourth-order valence-corrected chi connectivity index (χ4v) is 3.18. The van der Waals surface area contributed by atoms with E-state index in [1.807, 2.05) is 11.0 Å². The molecule has 124 valence electrons. The zero-order valence-corrected chi connectivity index (χ0v) is 13.7. The lowest BCUT2D eigenvalue weighted by Crippen LogP contribution is -2.36. The Balaban J connectivity index is 1.96. The molecule has 1 heterocycles. The van der Waals surface area contributed by atoms with Crippen molar-refractivity contribution in [2.24, 2.45) is 0 Å². The number of nitriles is 1. The first kappa shape index (κ1) is 16.7. The lowest BCUT2D eigenvalue weighted by atomic mass is 10.1. The summed E-state index contributed by atoms with van der Waals surface area (Å²) in [6.45, 7) is 1.86. The number of hydrogen-bond donors (Lipinski definition) is 1. The molecule has 2 aromatic carbocycles. The lowest BCUT2D eigenvalue weighted by Gasteiger charge is -2.31. The Bertz CT molecular complexity index is 782. The number of anilines is 1. The third kappa shape index (κ3) is 3.50. The Labute approximate surface area is 144 Å². The monoisotopic (exact) mass is 347 g/mol. The Kier molecular flexibility index (Phi) is 4.98. The van der Waals surface area contributed by atoms with Crippen molar-refractivity contribution in [3.63, 3.8) is 0 Å². The summed E-state index contributed by atoms with van der Waals surface area (Å²) in [5, 5.41) is 12.6. The van der Waals surface area contributed by atoms with Crippen LogP contribution < -0.4 is 10.2 Å². The predicted octanol–water partition coefficient (Wildman–Crippen LogP) is 3.86. The van der Waals surface area contributed by atoms with E-state index in [1.165, 1.54) is 6.07 Å². The molecule has 0 amide bonds. The van der Waals surface area contributed by atoms with Crippen LogP contribution in [0.5, 0.6) is 0 Å². The van der Waals surface area contributed by atoms with E-state index in [9.17, 15) is 8.78 Å². The molecule has 3 rings (SSSR count).